The minimum absolute atomic E-state index is 0.0181. The lowest BCUT2D eigenvalue weighted by atomic mass is 9.88. The average Bonchev–Trinajstić information content (AvgIpc) is 2.89. The van der Waals surface area contributed by atoms with E-state index in [4.69, 9.17) is 0 Å². The first kappa shape index (κ1) is 23.7. The lowest BCUT2D eigenvalue weighted by molar-refractivity contribution is -0.132. The molecule has 1 saturated carbocycles. The first-order valence-corrected chi connectivity index (χ1v) is 12.3. The largest absolute Gasteiger partial charge is 0.351 e. The van der Waals surface area contributed by atoms with Gasteiger partial charge in [0.05, 0.1) is 5.92 Å². The molecule has 0 unspecified atom stereocenters. The number of hydrogen-bond donors (Lipinski definition) is 2. The van der Waals surface area contributed by atoms with Crippen LogP contribution in [0.15, 0.2) is 66.7 Å². The number of likely N-dealkylation sites (tertiary alicyclic amines) is 1. The van der Waals surface area contributed by atoms with Gasteiger partial charge in [0.2, 0.25) is 11.8 Å². The second-order valence-electron chi connectivity index (χ2n) is 9.21. The molecule has 2 fully saturated rings. The fourth-order valence-electron chi connectivity index (χ4n) is 4.85. The second-order valence-corrected chi connectivity index (χ2v) is 9.21. The molecule has 2 aromatic rings. The zero-order valence-electron chi connectivity index (χ0n) is 19.5. The van der Waals surface area contributed by atoms with Crippen LogP contribution in [-0.4, -0.2) is 47.8 Å². The predicted molar refractivity (Wildman–Crippen MR) is 133 cm³/mol. The van der Waals surface area contributed by atoms with Crippen LogP contribution in [-0.2, 0) is 9.59 Å². The first-order valence-electron chi connectivity index (χ1n) is 12.3. The normalized spacial score (nSPS) is 22.8. The zero-order valence-corrected chi connectivity index (χ0v) is 19.5. The maximum absolute atomic E-state index is 13.1. The lowest BCUT2D eigenvalue weighted by Gasteiger charge is -2.36. The number of piperidine rings is 1. The van der Waals surface area contributed by atoms with E-state index in [1.54, 1.807) is 23.1 Å². The zero-order chi connectivity index (χ0) is 23.8. The Kier molecular flexibility index (Phi) is 8.12. The number of nitrogens with zero attached hydrogens (tertiary/aromatic N) is 1. The third kappa shape index (κ3) is 6.34. The number of nitrogens with one attached hydrogen (secondary N) is 2. The van der Waals surface area contributed by atoms with E-state index >= 15 is 0 Å². The van der Waals surface area contributed by atoms with E-state index in [2.05, 4.69) is 10.6 Å². The Morgan fingerprint density at radius 2 is 1.44 bits per heavy atom. The molecule has 178 valence electrons. The quantitative estimate of drug-likeness (QED) is 0.645. The van der Waals surface area contributed by atoms with Crippen LogP contribution in [0.3, 0.4) is 0 Å². The SMILES string of the molecule is O=C(N[C@@H]1CCCC[C@H]1NC(=O)[C@@H]1CCCN(C(=O)/C=C/c2ccccc2)C1)c1ccccc1. The molecule has 2 aromatic carbocycles. The summed E-state index contributed by atoms with van der Waals surface area (Å²) in [4.78, 5) is 40.3. The van der Waals surface area contributed by atoms with Gasteiger partial charge in [0.15, 0.2) is 0 Å². The van der Waals surface area contributed by atoms with E-state index in [0.29, 0.717) is 18.7 Å². The summed E-state index contributed by atoms with van der Waals surface area (Å²) in [6.07, 6.45) is 8.74. The first-order chi connectivity index (χ1) is 16.6. The molecule has 1 saturated heterocycles. The third-order valence-electron chi connectivity index (χ3n) is 6.77. The summed E-state index contributed by atoms with van der Waals surface area (Å²) >= 11 is 0. The van der Waals surface area contributed by atoms with Gasteiger partial charge in [-0.15, -0.1) is 0 Å². The number of amides is 3. The summed E-state index contributed by atoms with van der Waals surface area (Å²) in [5.74, 6) is -0.413. The minimum Gasteiger partial charge on any atom is -0.351 e. The van der Waals surface area contributed by atoms with Gasteiger partial charge in [-0.25, -0.2) is 0 Å². The van der Waals surface area contributed by atoms with Crippen molar-refractivity contribution in [3.8, 4) is 0 Å². The van der Waals surface area contributed by atoms with Gasteiger partial charge in [0.25, 0.3) is 5.91 Å². The monoisotopic (exact) mass is 459 g/mol. The van der Waals surface area contributed by atoms with E-state index in [0.717, 1.165) is 44.1 Å². The lowest BCUT2D eigenvalue weighted by Crippen LogP contribution is -2.55. The summed E-state index contributed by atoms with van der Waals surface area (Å²) in [5.41, 5.74) is 1.60. The molecule has 3 atom stereocenters. The molecule has 1 aliphatic carbocycles. The van der Waals surface area contributed by atoms with Crippen molar-refractivity contribution in [1.82, 2.24) is 15.5 Å². The maximum atomic E-state index is 13.1. The molecule has 0 radical (unpaired) electrons. The van der Waals surface area contributed by atoms with Crippen LogP contribution < -0.4 is 10.6 Å². The van der Waals surface area contributed by atoms with Crippen molar-refractivity contribution in [2.45, 2.75) is 50.6 Å². The van der Waals surface area contributed by atoms with Gasteiger partial charge in [-0.2, -0.15) is 0 Å². The maximum Gasteiger partial charge on any atom is 0.251 e. The highest BCUT2D eigenvalue weighted by Gasteiger charge is 2.32. The highest BCUT2D eigenvalue weighted by Crippen LogP contribution is 2.22. The topological polar surface area (TPSA) is 78.5 Å². The molecule has 2 N–H and O–H groups in total. The Balaban J connectivity index is 1.32. The molecule has 2 aliphatic rings. The van der Waals surface area contributed by atoms with Crippen molar-refractivity contribution in [2.75, 3.05) is 13.1 Å². The fourth-order valence-corrected chi connectivity index (χ4v) is 4.85. The van der Waals surface area contributed by atoms with Crippen molar-refractivity contribution in [1.29, 1.82) is 0 Å². The number of carbonyl (C=O) groups is 3. The molecule has 1 heterocycles. The Hall–Kier alpha value is -3.41. The average molecular weight is 460 g/mol. The van der Waals surface area contributed by atoms with Gasteiger partial charge < -0.3 is 15.5 Å². The van der Waals surface area contributed by atoms with E-state index in [-0.39, 0.29) is 35.7 Å². The summed E-state index contributed by atoms with van der Waals surface area (Å²) in [6.45, 7) is 1.10. The Morgan fingerprint density at radius 3 is 2.15 bits per heavy atom. The van der Waals surface area contributed by atoms with Crippen molar-refractivity contribution in [3.63, 3.8) is 0 Å². The van der Waals surface area contributed by atoms with Gasteiger partial charge in [0.1, 0.15) is 0 Å². The van der Waals surface area contributed by atoms with E-state index in [9.17, 15) is 14.4 Å². The standard InChI is InChI=1S/C28H33N3O3/c32-26(18-17-21-10-3-1-4-11-21)31-19-9-14-23(20-31)28(34)30-25-16-8-7-15-24(25)29-27(33)22-12-5-2-6-13-22/h1-6,10-13,17-18,23-25H,7-9,14-16,19-20H2,(H,29,33)(H,30,34)/b18-17+/t23-,24-,25-/m1/s1. The van der Waals surface area contributed by atoms with Gasteiger partial charge in [-0.05, 0) is 49.5 Å². The number of hydrogen-bond acceptors (Lipinski definition) is 3. The van der Waals surface area contributed by atoms with Gasteiger partial charge in [-0.1, -0.05) is 61.4 Å². The van der Waals surface area contributed by atoms with E-state index in [1.807, 2.05) is 54.6 Å². The van der Waals surface area contributed by atoms with Crippen LogP contribution in [0.2, 0.25) is 0 Å². The van der Waals surface area contributed by atoms with Crippen LogP contribution >= 0.6 is 0 Å². The molecular formula is C28H33N3O3. The van der Waals surface area contributed by atoms with Crippen molar-refractivity contribution in [2.24, 2.45) is 5.92 Å². The Bertz CT molecular complexity index is 1010. The van der Waals surface area contributed by atoms with Crippen LogP contribution in [0.4, 0.5) is 0 Å². The molecule has 1 aliphatic heterocycles. The summed E-state index contributed by atoms with van der Waals surface area (Å²) in [7, 11) is 0. The third-order valence-corrected chi connectivity index (χ3v) is 6.77. The molecule has 0 spiro atoms. The predicted octanol–water partition coefficient (Wildman–Crippen LogP) is 3.80. The van der Waals surface area contributed by atoms with Crippen molar-refractivity contribution in [3.05, 3.63) is 77.9 Å². The molecule has 0 bridgehead atoms. The van der Waals surface area contributed by atoms with Gasteiger partial charge >= 0.3 is 0 Å². The molecule has 6 heteroatoms. The number of benzene rings is 2. The number of rotatable bonds is 6. The van der Waals surface area contributed by atoms with Crippen LogP contribution in [0.5, 0.6) is 0 Å². The van der Waals surface area contributed by atoms with Crippen LogP contribution in [0.25, 0.3) is 6.08 Å². The van der Waals surface area contributed by atoms with Crippen LogP contribution in [0, 0.1) is 5.92 Å². The molecule has 6 nitrogen and oxygen atoms in total. The second kappa shape index (κ2) is 11.6. The Labute approximate surface area is 201 Å². The minimum atomic E-state index is -0.227. The molecule has 34 heavy (non-hydrogen) atoms. The summed E-state index contributed by atoms with van der Waals surface area (Å²) in [6, 6.07) is 18.7. The summed E-state index contributed by atoms with van der Waals surface area (Å²) in [5, 5.41) is 6.33. The smallest absolute Gasteiger partial charge is 0.251 e. The molecule has 3 amide bonds. The van der Waals surface area contributed by atoms with E-state index < -0.39 is 0 Å². The van der Waals surface area contributed by atoms with Crippen molar-refractivity contribution < 1.29 is 14.4 Å². The van der Waals surface area contributed by atoms with Crippen LogP contribution in [0.1, 0.15) is 54.4 Å². The summed E-state index contributed by atoms with van der Waals surface area (Å²) < 4.78 is 0. The van der Waals surface area contributed by atoms with Gasteiger partial charge in [-0.3, -0.25) is 14.4 Å². The number of carbonyl (C=O) groups excluding carboxylic acids is 3. The van der Waals surface area contributed by atoms with E-state index in [1.165, 1.54) is 0 Å². The Morgan fingerprint density at radius 1 is 0.794 bits per heavy atom. The molecule has 4 rings (SSSR count). The fraction of sp³-hybridized carbons (Fsp3) is 0.393. The molecular weight excluding hydrogens is 426 g/mol. The molecule has 0 aromatic heterocycles. The highest BCUT2D eigenvalue weighted by molar-refractivity contribution is 5.94. The van der Waals surface area contributed by atoms with Crippen molar-refractivity contribution >= 4 is 23.8 Å². The van der Waals surface area contributed by atoms with Gasteiger partial charge in [0, 0.05) is 36.8 Å². The highest BCUT2D eigenvalue weighted by atomic mass is 16.2.